The summed E-state index contributed by atoms with van der Waals surface area (Å²) < 4.78 is 13.9. The zero-order valence-electron chi connectivity index (χ0n) is 19.8. The van der Waals surface area contributed by atoms with Crippen LogP contribution in [0.3, 0.4) is 0 Å². The summed E-state index contributed by atoms with van der Waals surface area (Å²) in [6, 6.07) is 9.01. The molecule has 176 valence electrons. The van der Waals surface area contributed by atoms with Crippen LogP contribution >= 0.6 is 27.5 Å². The molecule has 2 aromatic carbocycles. The zero-order chi connectivity index (χ0) is 24.3. The fraction of sp³-hybridized carbons (Fsp3) is 0.400. The molecule has 6 nitrogen and oxygen atoms in total. The summed E-state index contributed by atoms with van der Waals surface area (Å²) in [6.45, 7) is 12.4. The molecular weight excluding hydrogens is 506 g/mol. The maximum atomic E-state index is 13.3. The van der Waals surface area contributed by atoms with Crippen LogP contribution in [0.2, 0.25) is 5.02 Å². The van der Waals surface area contributed by atoms with Gasteiger partial charge in [-0.25, -0.2) is 4.98 Å². The molecule has 3 aromatic rings. The first-order valence-corrected chi connectivity index (χ1v) is 12.1. The lowest BCUT2D eigenvalue weighted by molar-refractivity contribution is 0.203. The monoisotopic (exact) mass is 533 g/mol. The normalized spacial score (nSPS) is 13.0. The molecule has 0 aliphatic carbocycles. The topological polar surface area (TPSA) is 65.7 Å². The second-order valence-corrected chi connectivity index (χ2v) is 10.1. The number of aromatic nitrogens is 2. The number of benzene rings is 2. The number of hydrogen-bond donors (Lipinski definition) is 0. The van der Waals surface area contributed by atoms with Crippen LogP contribution in [0.4, 0.5) is 0 Å². The van der Waals surface area contributed by atoms with E-state index in [1.54, 1.807) is 18.3 Å². The molecule has 8 heteroatoms. The van der Waals surface area contributed by atoms with Crippen molar-refractivity contribution in [1.82, 2.24) is 9.66 Å². The van der Waals surface area contributed by atoms with E-state index in [4.69, 9.17) is 26.1 Å². The number of ether oxygens (including phenoxy) is 2. The second kappa shape index (κ2) is 10.3. The third-order valence-corrected chi connectivity index (χ3v) is 5.80. The predicted molar refractivity (Wildman–Crippen MR) is 138 cm³/mol. The predicted octanol–water partition coefficient (Wildman–Crippen LogP) is 6.57. The van der Waals surface area contributed by atoms with E-state index in [9.17, 15) is 4.79 Å². The quantitative estimate of drug-likeness (QED) is 0.322. The lowest BCUT2D eigenvalue weighted by Crippen LogP contribution is -2.29. The fourth-order valence-corrected chi connectivity index (χ4v) is 3.81. The van der Waals surface area contributed by atoms with Gasteiger partial charge in [0.2, 0.25) is 0 Å². The summed E-state index contributed by atoms with van der Waals surface area (Å²) in [5.41, 5.74) is 0.670. The molecule has 3 rings (SSSR count). The Hall–Kier alpha value is -2.38. The van der Waals surface area contributed by atoms with E-state index in [1.807, 2.05) is 59.7 Å². The van der Waals surface area contributed by atoms with Crippen molar-refractivity contribution < 1.29 is 9.47 Å². The van der Waals surface area contributed by atoms with Crippen molar-refractivity contribution in [3.63, 3.8) is 0 Å². The van der Waals surface area contributed by atoms with Crippen molar-refractivity contribution in [3.8, 4) is 11.5 Å². The van der Waals surface area contributed by atoms with Crippen LogP contribution in [-0.4, -0.2) is 28.6 Å². The molecule has 0 saturated heterocycles. The lowest BCUT2D eigenvalue weighted by Gasteiger charge is -2.21. The molecule has 1 heterocycles. The van der Waals surface area contributed by atoms with Crippen LogP contribution < -0.4 is 15.0 Å². The van der Waals surface area contributed by atoms with Gasteiger partial charge in [0.1, 0.15) is 5.82 Å². The first-order chi connectivity index (χ1) is 15.5. The van der Waals surface area contributed by atoms with Crippen LogP contribution in [0.1, 0.15) is 59.4 Å². The van der Waals surface area contributed by atoms with Crippen molar-refractivity contribution in [2.75, 3.05) is 6.61 Å². The standard InChI is InChI=1S/C25H29BrClN3O3/c1-7-15(3)33-22-19(27)11-16(12-21(22)32-8-2)14-28-30-23(31)18-13-17(26)9-10-20(18)29-24(30)25(4,5)6/h9-15H,7-8H2,1-6H3/t15-/m1/s1. The van der Waals surface area contributed by atoms with Crippen LogP contribution in [0.5, 0.6) is 11.5 Å². The Bertz CT molecular complexity index is 1250. The Labute approximate surface area is 207 Å². The summed E-state index contributed by atoms with van der Waals surface area (Å²) in [7, 11) is 0. The third kappa shape index (κ3) is 5.76. The molecule has 0 radical (unpaired) electrons. The Morgan fingerprint density at radius 2 is 1.97 bits per heavy atom. The Morgan fingerprint density at radius 3 is 2.61 bits per heavy atom. The van der Waals surface area contributed by atoms with E-state index in [-0.39, 0.29) is 11.7 Å². The van der Waals surface area contributed by atoms with Crippen molar-refractivity contribution in [2.24, 2.45) is 5.10 Å². The van der Waals surface area contributed by atoms with Gasteiger partial charge in [0, 0.05) is 9.89 Å². The van der Waals surface area contributed by atoms with E-state index in [1.165, 1.54) is 4.68 Å². The first-order valence-electron chi connectivity index (χ1n) is 10.9. The Balaban J connectivity index is 2.13. The molecule has 0 spiro atoms. The average Bonchev–Trinajstić information content (AvgIpc) is 2.75. The van der Waals surface area contributed by atoms with Gasteiger partial charge >= 0.3 is 0 Å². The van der Waals surface area contributed by atoms with Gasteiger partial charge in [-0.05, 0) is 56.2 Å². The van der Waals surface area contributed by atoms with Crippen molar-refractivity contribution in [1.29, 1.82) is 0 Å². The molecule has 0 N–H and O–H groups in total. The molecule has 0 fully saturated rings. The summed E-state index contributed by atoms with van der Waals surface area (Å²) in [5.74, 6) is 1.61. The van der Waals surface area contributed by atoms with Gasteiger partial charge in [0.05, 0.1) is 34.9 Å². The molecule has 33 heavy (non-hydrogen) atoms. The minimum atomic E-state index is -0.403. The zero-order valence-corrected chi connectivity index (χ0v) is 22.1. The van der Waals surface area contributed by atoms with Gasteiger partial charge in [-0.15, -0.1) is 0 Å². The van der Waals surface area contributed by atoms with E-state index in [2.05, 4.69) is 21.0 Å². The highest BCUT2D eigenvalue weighted by molar-refractivity contribution is 9.10. The average molecular weight is 535 g/mol. The Kier molecular flexibility index (Phi) is 7.85. The number of fused-ring (bicyclic) bond motifs is 1. The molecule has 0 aliphatic rings. The minimum absolute atomic E-state index is 0.00265. The molecule has 1 aromatic heterocycles. The molecular formula is C25H29BrClN3O3. The number of nitrogens with zero attached hydrogens (tertiary/aromatic N) is 3. The smallest absolute Gasteiger partial charge is 0.282 e. The summed E-state index contributed by atoms with van der Waals surface area (Å²) >= 11 is 9.96. The van der Waals surface area contributed by atoms with Crippen molar-refractivity contribution in [3.05, 3.63) is 61.6 Å². The Morgan fingerprint density at radius 1 is 1.24 bits per heavy atom. The largest absolute Gasteiger partial charge is 0.490 e. The third-order valence-electron chi connectivity index (χ3n) is 5.03. The minimum Gasteiger partial charge on any atom is -0.490 e. The fourth-order valence-electron chi connectivity index (χ4n) is 3.19. The van der Waals surface area contributed by atoms with Crippen LogP contribution in [0.25, 0.3) is 10.9 Å². The van der Waals surface area contributed by atoms with Gasteiger partial charge < -0.3 is 9.47 Å². The van der Waals surface area contributed by atoms with Gasteiger partial charge in [0.25, 0.3) is 5.56 Å². The van der Waals surface area contributed by atoms with Gasteiger partial charge in [-0.3, -0.25) is 4.79 Å². The SMILES string of the molecule is CCOc1cc(C=Nn2c(C(C)(C)C)nc3ccc(Br)cc3c2=O)cc(Cl)c1O[C@H](C)CC. The molecule has 0 amide bonds. The maximum absolute atomic E-state index is 13.3. The van der Waals surface area contributed by atoms with E-state index in [0.29, 0.717) is 45.4 Å². The second-order valence-electron chi connectivity index (χ2n) is 8.81. The molecule has 1 atom stereocenters. The highest BCUT2D eigenvalue weighted by Gasteiger charge is 2.23. The number of hydrogen-bond acceptors (Lipinski definition) is 5. The highest BCUT2D eigenvalue weighted by Crippen LogP contribution is 2.37. The first kappa shape index (κ1) is 25.2. The van der Waals surface area contributed by atoms with Gasteiger partial charge in [-0.2, -0.15) is 9.78 Å². The highest BCUT2D eigenvalue weighted by atomic mass is 79.9. The summed E-state index contributed by atoms with van der Waals surface area (Å²) in [5, 5.41) is 5.43. The van der Waals surface area contributed by atoms with Crippen LogP contribution in [0.15, 0.2) is 44.7 Å². The molecule has 0 unspecified atom stereocenters. The van der Waals surface area contributed by atoms with Crippen molar-refractivity contribution >= 4 is 44.6 Å². The van der Waals surface area contributed by atoms with Crippen LogP contribution in [0, 0.1) is 0 Å². The lowest BCUT2D eigenvalue weighted by atomic mass is 9.95. The summed E-state index contributed by atoms with van der Waals surface area (Å²) in [6.07, 6.45) is 2.43. The molecule has 0 saturated carbocycles. The van der Waals surface area contributed by atoms with Gasteiger partial charge in [0.15, 0.2) is 11.5 Å². The van der Waals surface area contributed by atoms with Gasteiger partial charge in [-0.1, -0.05) is 55.2 Å². The van der Waals surface area contributed by atoms with Crippen LogP contribution in [-0.2, 0) is 5.41 Å². The maximum Gasteiger partial charge on any atom is 0.282 e. The van der Waals surface area contributed by atoms with E-state index >= 15 is 0 Å². The molecule has 0 bridgehead atoms. The molecule has 0 aliphatic heterocycles. The van der Waals surface area contributed by atoms with E-state index in [0.717, 1.165) is 10.9 Å². The van der Waals surface area contributed by atoms with Crippen molar-refractivity contribution in [2.45, 2.75) is 59.5 Å². The van der Waals surface area contributed by atoms with E-state index < -0.39 is 5.41 Å². The number of rotatable bonds is 7. The number of halogens is 2. The summed E-state index contributed by atoms with van der Waals surface area (Å²) in [4.78, 5) is 18.1.